The van der Waals surface area contributed by atoms with Gasteiger partial charge in [0, 0.05) is 12.3 Å². The highest BCUT2D eigenvalue weighted by Gasteiger charge is 2.13. The number of nitrogens with zero attached hydrogens (tertiary/aromatic N) is 2. The van der Waals surface area contributed by atoms with Crippen LogP contribution in [0.15, 0.2) is 16.7 Å². The molecule has 6 heteroatoms. The molecular weight excluding hydrogens is 208 g/mol. The number of rotatable bonds is 1. The van der Waals surface area contributed by atoms with Crippen LogP contribution in [0, 0.1) is 0 Å². The Balaban J connectivity index is 2.56. The predicted molar refractivity (Wildman–Crippen MR) is 48.2 cm³/mol. The van der Waals surface area contributed by atoms with Crippen molar-refractivity contribution in [3.63, 3.8) is 0 Å². The van der Waals surface area contributed by atoms with Crippen molar-refractivity contribution in [3.05, 3.63) is 23.3 Å². The Morgan fingerprint density at radius 3 is 3.14 bits per heavy atom. The molecule has 2 heterocycles. The zero-order valence-electron chi connectivity index (χ0n) is 7.15. The third kappa shape index (κ3) is 1.42. The molecule has 2 rings (SSSR count). The third-order valence-corrected chi connectivity index (χ3v) is 1.81. The van der Waals surface area contributed by atoms with E-state index in [2.05, 4.69) is 14.7 Å². The molecule has 2 aromatic rings. The van der Waals surface area contributed by atoms with E-state index in [1.54, 1.807) is 0 Å². The molecule has 72 valence electrons. The fourth-order valence-electron chi connectivity index (χ4n) is 1.01. The average Bonchev–Trinajstić information content (AvgIpc) is 2.59. The molecule has 0 saturated heterocycles. The monoisotopic (exact) mass is 212 g/mol. The van der Waals surface area contributed by atoms with Crippen LogP contribution in [0.25, 0.3) is 11.1 Å². The Morgan fingerprint density at radius 1 is 1.64 bits per heavy atom. The number of methoxy groups -OCH3 is 1. The lowest BCUT2D eigenvalue weighted by Crippen LogP contribution is -1.97. The van der Waals surface area contributed by atoms with Gasteiger partial charge in [0.05, 0.1) is 12.5 Å². The highest BCUT2D eigenvalue weighted by molar-refractivity contribution is 6.28. The lowest BCUT2D eigenvalue weighted by molar-refractivity contribution is 0.0567. The van der Waals surface area contributed by atoms with Gasteiger partial charge in [-0.2, -0.15) is 4.98 Å². The maximum absolute atomic E-state index is 11.1. The minimum Gasteiger partial charge on any atom is -0.463 e. The van der Waals surface area contributed by atoms with E-state index < -0.39 is 5.97 Å². The molecule has 14 heavy (non-hydrogen) atoms. The van der Waals surface area contributed by atoms with Gasteiger partial charge in [-0.05, 0) is 11.6 Å². The van der Waals surface area contributed by atoms with E-state index in [9.17, 15) is 4.79 Å². The van der Waals surface area contributed by atoms with Crippen molar-refractivity contribution in [1.82, 2.24) is 9.97 Å². The maximum atomic E-state index is 11.1. The number of hydrogen-bond donors (Lipinski definition) is 0. The Labute approximate surface area is 83.7 Å². The van der Waals surface area contributed by atoms with Crippen LogP contribution in [0.1, 0.15) is 10.6 Å². The van der Waals surface area contributed by atoms with Crippen molar-refractivity contribution in [3.8, 4) is 0 Å². The van der Waals surface area contributed by atoms with E-state index in [1.165, 1.54) is 19.4 Å². The second-order valence-corrected chi connectivity index (χ2v) is 2.84. The molecule has 0 fully saturated rings. The summed E-state index contributed by atoms with van der Waals surface area (Å²) < 4.78 is 9.57. The van der Waals surface area contributed by atoms with Gasteiger partial charge in [0.15, 0.2) is 0 Å². The van der Waals surface area contributed by atoms with Crippen molar-refractivity contribution in [2.75, 3.05) is 7.11 Å². The van der Waals surface area contributed by atoms with Gasteiger partial charge in [0.25, 0.3) is 0 Å². The molecule has 2 aromatic heterocycles. The minimum atomic E-state index is -0.556. The van der Waals surface area contributed by atoms with Crippen LogP contribution < -0.4 is 0 Å². The molecule has 0 N–H and O–H groups in total. The first-order valence-corrected chi connectivity index (χ1v) is 4.09. The highest BCUT2D eigenvalue weighted by Crippen LogP contribution is 2.18. The van der Waals surface area contributed by atoms with E-state index in [0.717, 1.165) is 0 Å². The number of hydrogen-bond acceptors (Lipinski definition) is 5. The second-order valence-electron chi connectivity index (χ2n) is 2.50. The molecule has 0 saturated carbocycles. The second kappa shape index (κ2) is 3.26. The van der Waals surface area contributed by atoms with E-state index >= 15 is 0 Å². The first-order chi connectivity index (χ1) is 6.70. The van der Waals surface area contributed by atoms with Gasteiger partial charge < -0.3 is 9.15 Å². The standard InChI is InChI=1S/C8H5ClN2O3/c1-13-7(12)5-2-4-3-10-8(9)11-6(4)14-5/h2-3H,1H3. The van der Waals surface area contributed by atoms with Gasteiger partial charge in [-0.25, -0.2) is 9.78 Å². The topological polar surface area (TPSA) is 65.2 Å². The number of furan rings is 1. The first kappa shape index (κ1) is 8.96. The Hall–Kier alpha value is -1.62. The molecule has 0 atom stereocenters. The highest BCUT2D eigenvalue weighted by atomic mass is 35.5. The summed E-state index contributed by atoms with van der Waals surface area (Å²) in [4.78, 5) is 18.6. The molecule has 0 spiro atoms. The van der Waals surface area contributed by atoms with E-state index in [4.69, 9.17) is 16.0 Å². The SMILES string of the molecule is COC(=O)c1cc2cnc(Cl)nc2o1. The lowest BCUT2D eigenvalue weighted by atomic mass is 10.4. The van der Waals surface area contributed by atoms with Gasteiger partial charge in [-0.3, -0.25) is 0 Å². The van der Waals surface area contributed by atoms with Crippen molar-refractivity contribution in [2.45, 2.75) is 0 Å². The van der Waals surface area contributed by atoms with Crippen LogP contribution >= 0.6 is 11.6 Å². The zero-order chi connectivity index (χ0) is 10.1. The number of carbonyl (C=O) groups is 1. The average molecular weight is 213 g/mol. The maximum Gasteiger partial charge on any atom is 0.374 e. The van der Waals surface area contributed by atoms with Crippen molar-refractivity contribution < 1.29 is 13.9 Å². The molecule has 5 nitrogen and oxygen atoms in total. The van der Waals surface area contributed by atoms with Crippen LogP contribution in [0.2, 0.25) is 5.28 Å². The number of carbonyl (C=O) groups excluding carboxylic acids is 1. The van der Waals surface area contributed by atoms with Crippen LogP contribution in [0.3, 0.4) is 0 Å². The summed E-state index contributed by atoms with van der Waals surface area (Å²) in [6, 6.07) is 1.50. The summed E-state index contributed by atoms with van der Waals surface area (Å²) in [5, 5.41) is 0.679. The molecule has 0 radical (unpaired) electrons. The Morgan fingerprint density at radius 2 is 2.43 bits per heavy atom. The molecule has 0 unspecified atom stereocenters. The Kier molecular flexibility index (Phi) is 2.09. The van der Waals surface area contributed by atoms with Gasteiger partial charge >= 0.3 is 5.97 Å². The van der Waals surface area contributed by atoms with E-state index in [0.29, 0.717) is 5.39 Å². The van der Waals surface area contributed by atoms with Crippen molar-refractivity contribution in [1.29, 1.82) is 0 Å². The minimum absolute atomic E-state index is 0.0725. The third-order valence-electron chi connectivity index (χ3n) is 1.63. The number of fused-ring (bicyclic) bond motifs is 1. The van der Waals surface area contributed by atoms with Gasteiger partial charge in [0.1, 0.15) is 0 Å². The van der Waals surface area contributed by atoms with Crippen LogP contribution in [0.5, 0.6) is 0 Å². The fourth-order valence-corrected chi connectivity index (χ4v) is 1.14. The predicted octanol–water partition coefficient (Wildman–Crippen LogP) is 1.66. The number of aromatic nitrogens is 2. The zero-order valence-corrected chi connectivity index (χ0v) is 7.91. The molecule has 0 aliphatic heterocycles. The number of halogens is 1. The van der Waals surface area contributed by atoms with Crippen molar-refractivity contribution >= 4 is 28.7 Å². The summed E-state index contributed by atoms with van der Waals surface area (Å²) in [5.41, 5.74) is 0.269. The summed E-state index contributed by atoms with van der Waals surface area (Å²) >= 11 is 5.54. The first-order valence-electron chi connectivity index (χ1n) is 3.71. The smallest absolute Gasteiger partial charge is 0.374 e. The van der Waals surface area contributed by atoms with Crippen LogP contribution in [0.4, 0.5) is 0 Å². The van der Waals surface area contributed by atoms with Gasteiger partial charge in [-0.1, -0.05) is 0 Å². The number of ether oxygens (including phenoxy) is 1. The van der Waals surface area contributed by atoms with E-state index in [-0.39, 0.29) is 16.8 Å². The Bertz CT molecular complexity index is 494. The van der Waals surface area contributed by atoms with E-state index in [1.807, 2.05) is 0 Å². The molecular formula is C8H5ClN2O3. The summed E-state index contributed by atoms with van der Waals surface area (Å²) in [7, 11) is 1.27. The molecule has 0 aliphatic rings. The molecule has 0 amide bonds. The van der Waals surface area contributed by atoms with Gasteiger partial charge in [-0.15, -0.1) is 0 Å². The molecule has 0 aliphatic carbocycles. The molecule has 0 aromatic carbocycles. The normalized spacial score (nSPS) is 10.4. The quantitative estimate of drug-likeness (QED) is 0.531. The van der Waals surface area contributed by atoms with Gasteiger partial charge in [0.2, 0.25) is 16.8 Å². The summed E-state index contributed by atoms with van der Waals surface area (Å²) in [6.45, 7) is 0. The summed E-state index contributed by atoms with van der Waals surface area (Å²) in [5.74, 6) is -0.474. The fraction of sp³-hybridized carbons (Fsp3) is 0.125. The van der Waals surface area contributed by atoms with Crippen LogP contribution in [-0.4, -0.2) is 23.0 Å². The molecule has 0 bridgehead atoms. The lowest BCUT2D eigenvalue weighted by Gasteiger charge is -1.90. The largest absolute Gasteiger partial charge is 0.463 e. The van der Waals surface area contributed by atoms with Crippen LogP contribution in [-0.2, 0) is 4.74 Å². The summed E-state index contributed by atoms with van der Waals surface area (Å²) in [6.07, 6.45) is 1.47. The number of esters is 1. The van der Waals surface area contributed by atoms with Crippen molar-refractivity contribution in [2.24, 2.45) is 0 Å².